The summed E-state index contributed by atoms with van der Waals surface area (Å²) in [4.78, 5) is 16.1. The van der Waals surface area contributed by atoms with Gasteiger partial charge in [-0.15, -0.1) is 0 Å². The summed E-state index contributed by atoms with van der Waals surface area (Å²) >= 11 is 0. The van der Waals surface area contributed by atoms with E-state index in [1.165, 1.54) is 0 Å². The van der Waals surface area contributed by atoms with Crippen LogP contribution in [0.4, 0.5) is 5.69 Å². The van der Waals surface area contributed by atoms with Crippen LogP contribution in [0.3, 0.4) is 0 Å². The van der Waals surface area contributed by atoms with Crippen LogP contribution in [0, 0.1) is 0 Å². The number of amides is 1. The van der Waals surface area contributed by atoms with Gasteiger partial charge < -0.3 is 15.6 Å². The van der Waals surface area contributed by atoms with Gasteiger partial charge in [0.1, 0.15) is 5.82 Å². The van der Waals surface area contributed by atoms with Gasteiger partial charge >= 0.3 is 0 Å². The predicted molar refractivity (Wildman–Crippen MR) is 77.9 cm³/mol. The van der Waals surface area contributed by atoms with E-state index < -0.39 is 0 Å². The van der Waals surface area contributed by atoms with Crippen LogP contribution in [0.1, 0.15) is 19.3 Å². The lowest BCUT2D eigenvalue weighted by Crippen LogP contribution is -2.26. The zero-order valence-corrected chi connectivity index (χ0v) is 11.2. The molecule has 3 rings (SSSR count). The molecule has 0 radical (unpaired) electrons. The van der Waals surface area contributed by atoms with E-state index in [0.717, 1.165) is 29.9 Å². The highest BCUT2D eigenvalue weighted by Gasteiger charge is 2.22. The third-order valence-electron chi connectivity index (χ3n) is 3.41. The van der Waals surface area contributed by atoms with E-state index in [4.69, 9.17) is 5.73 Å². The fraction of sp³-hybridized carbons (Fsp3) is 0.333. The van der Waals surface area contributed by atoms with Gasteiger partial charge in [-0.1, -0.05) is 0 Å². The lowest BCUT2D eigenvalue weighted by molar-refractivity contribution is -0.121. The number of aryl methyl sites for hydroxylation is 1. The number of hydrogen-bond donors (Lipinski definition) is 2. The Hall–Kier alpha value is -2.30. The lowest BCUT2D eigenvalue weighted by atomic mass is 10.2. The molecule has 2 aromatic rings. The van der Waals surface area contributed by atoms with E-state index in [-0.39, 0.29) is 5.91 Å². The molecule has 5 nitrogen and oxygen atoms in total. The van der Waals surface area contributed by atoms with Crippen molar-refractivity contribution in [3.63, 3.8) is 0 Å². The summed E-state index contributed by atoms with van der Waals surface area (Å²) in [7, 11) is 0. The normalized spacial score (nSPS) is 14.2. The molecule has 20 heavy (non-hydrogen) atoms. The van der Waals surface area contributed by atoms with E-state index in [0.29, 0.717) is 19.0 Å². The van der Waals surface area contributed by atoms with Crippen LogP contribution in [-0.2, 0) is 11.3 Å². The number of benzene rings is 1. The van der Waals surface area contributed by atoms with Crippen LogP contribution in [0.2, 0.25) is 0 Å². The van der Waals surface area contributed by atoms with Crippen molar-refractivity contribution >= 4 is 11.6 Å². The Kier molecular flexibility index (Phi) is 3.41. The first-order valence-electron chi connectivity index (χ1n) is 6.89. The molecular formula is C15H18N4O. The number of nitrogens with zero attached hydrogens (tertiary/aromatic N) is 2. The van der Waals surface area contributed by atoms with Gasteiger partial charge in [0.05, 0.1) is 0 Å². The van der Waals surface area contributed by atoms with Crippen LogP contribution in [0.5, 0.6) is 0 Å². The second-order valence-electron chi connectivity index (χ2n) is 5.16. The summed E-state index contributed by atoms with van der Waals surface area (Å²) in [5, 5.41) is 2.99. The topological polar surface area (TPSA) is 72.9 Å². The first kappa shape index (κ1) is 12.7. The fourth-order valence-electron chi connectivity index (χ4n) is 2.13. The van der Waals surface area contributed by atoms with Crippen LogP contribution >= 0.6 is 0 Å². The highest BCUT2D eigenvalue weighted by molar-refractivity contribution is 5.76. The Morgan fingerprint density at radius 1 is 1.35 bits per heavy atom. The molecule has 104 valence electrons. The highest BCUT2D eigenvalue weighted by atomic mass is 16.1. The molecule has 0 unspecified atom stereocenters. The number of imidazole rings is 1. The maximum absolute atomic E-state index is 11.7. The average molecular weight is 270 g/mol. The van der Waals surface area contributed by atoms with Crippen molar-refractivity contribution in [1.29, 1.82) is 0 Å². The molecule has 1 aliphatic rings. The van der Waals surface area contributed by atoms with Gasteiger partial charge in [-0.2, -0.15) is 0 Å². The van der Waals surface area contributed by atoms with Crippen molar-refractivity contribution in [2.75, 3.05) is 5.73 Å². The van der Waals surface area contributed by atoms with Crippen LogP contribution in [0.25, 0.3) is 11.4 Å². The molecule has 3 N–H and O–H groups in total. The van der Waals surface area contributed by atoms with Gasteiger partial charge in [0.2, 0.25) is 5.91 Å². The summed E-state index contributed by atoms with van der Waals surface area (Å²) in [5.74, 6) is 0.980. The number of rotatable bonds is 5. The summed E-state index contributed by atoms with van der Waals surface area (Å²) in [5.41, 5.74) is 7.43. The molecular weight excluding hydrogens is 252 g/mol. The number of carbonyl (C=O) groups excluding carboxylic acids is 1. The molecule has 0 atom stereocenters. The van der Waals surface area contributed by atoms with Crippen LogP contribution < -0.4 is 11.1 Å². The Labute approximate surface area is 117 Å². The number of carbonyl (C=O) groups is 1. The Morgan fingerprint density at radius 2 is 2.10 bits per heavy atom. The minimum atomic E-state index is 0.115. The van der Waals surface area contributed by atoms with Crippen LogP contribution in [-0.4, -0.2) is 21.5 Å². The first-order chi connectivity index (χ1) is 9.72. The van der Waals surface area contributed by atoms with E-state index in [1.54, 1.807) is 6.20 Å². The first-order valence-corrected chi connectivity index (χ1v) is 6.89. The smallest absolute Gasteiger partial charge is 0.222 e. The molecule has 1 aromatic carbocycles. The SMILES string of the molecule is Nc1ccc(-c2nccn2CCC(=O)NC2CC2)cc1. The van der Waals surface area contributed by atoms with Crippen molar-refractivity contribution in [3.8, 4) is 11.4 Å². The number of hydrogen-bond acceptors (Lipinski definition) is 3. The van der Waals surface area contributed by atoms with Gasteiger partial charge in [0.15, 0.2) is 0 Å². The largest absolute Gasteiger partial charge is 0.399 e. The van der Waals surface area contributed by atoms with Gasteiger partial charge in [0, 0.05) is 42.7 Å². The minimum Gasteiger partial charge on any atom is -0.399 e. The summed E-state index contributed by atoms with van der Waals surface area (Å²) in [6, 6.07) is 8.01. The molecule has 5 heteroatoms. The van der Waals surface area contributed by atoms with Crippen molar-refractivity contribution < 1.29 is 4.79 Å². The lowest BCUT2D eigenvalue weighted by Gasteiger charge is -2.08. The maximum atomic E-state index is 11.7. The molecule has 1 aromatic heterocycles. The summed E-state index contributed by atoms with van der Waals surface area (Å²) < 4.78 is 2.00. The molecule has 0 spiro atoms. The molecule has 1 saturated carbocycles. The van der Waals surface area contributed by atoms with E-state index in [9.17, 15) is 4.79 Å². The highest BCUT2D eigenvalue weighted by Crippen LogP contribution is 2.20. The second-order valence-corrected chi connectivity index (χ2v) is 5.16. The van der Waals surface area contributed by atoms with E-state index in [2.05, 4.69) is 10.3 Å². The zero-order chi connectivity index (χ0) is 13.9. The van der Waals surface area contributed by atoms with Crippen LogP contribution in [0.15, 0.2) is 36.7 Å². The fourth-order valence-corrected chi connectivity index (χ4v) is 2.13. The van der Waals surface area contributed by atoms with Gasteiger partial charge in [-0.25, -0.2) is 4.98 Å². The standard InChI is InChI=1S/C15H18N4O/c16-12-3-1-11(2-4-12)15-17-8-10-19(15)9-7-14(20)18-13-5-6-13/h1-4,8,10,13H,5-7,9,16H2,(H,18,20). The quantitative estimate of drug-likeness (QED) is 0.814. The Bertz CT molecular complexity index is 599. The number of aromatic nitrogens is 2. The molecule has 0 bridgehead atoms. The van der Waals surface area contributed by atoms with Gasteiger partial charge in [-0.05, 0) is 37.1 Å². The number of nitrogens with one attached hydrogen (secondary N) is 1. The van der Waals surface area contributed by atoms with Gasteiger partial charge in [-0.3, -0.25) is 4.79 Å². The zero-order valence-electron chi connectivity index (χ0n) is 11.2. The predicted octanol–water partition coefficient (Wildman–Crippen LogP) is 1.80. The molecule has 1 fully saturated rings. The Balaban J connectivity index is 1.66. The second kappa shape index (κ2) is 5.36. The minimum absolute atomic E-state index is 0.115. The third kappa shape index (κ3) is 2.99. The van der Waals surface area contributed by atoms with E-state index in [1.807, 2.05) is 35.0 Å². The molecule has 0 saturated heterocycles. The number of nitrogens with two attached hydrogens (primary N) is 1. The third-order valence-corrected chi connectivity index (χ3v) is 3.41. The van der Waals surface area contributed by atoms with Crippen molar-refractivity contribution in [2.45, 2.75) is 31.8 Å². The van der Waals surface area contributed by atoms with Crippen molar-refractivity contribution in [2.24, 2.45) is 0 Å². The van der Waals surface area contributed by atoms with E-state index >= 15 is 0 Å². The molecule has 0 aliphatic heterocycles. The molecule has 1 aliphatic carbocycles. The molecule has 1 heterocycles. The number of anilines is 1. The average Bonchev–Trinajstić information content (AvgIpc) is 3.13. The van der Waals surface area contributed by atoms with Crippen molar-refractivity contribution in [1.82, 2.24) is 14.9 Å². The number of nitrogen functional groups attached to an aromatic ring is 1. The summed E-state index contributed by atoms with van der Waals surface area (Å²) in [6.45, 7) is 0.637. The molecule has 1 amide bonds. The van der Waals surface area contributed by atoms with Crippen molar-refractivity contribution in [3.05, 3.63) is 36.7 Å². The maximum Gasteiger partial charge on any atom is 0.222 e. The summed E-state index contributed by atoms with van der Waals surface area (Å²) in [6.07, 6.45) is 6.37. The van der Waals surface area contributed by atoms with Gasteiger partial charge in [0.25, 0.3) is 0 Å². The monoisotopic (exact) mass is 270 g/mol. The Morgan fingerprint density at radius 3 is 2.80 bits per heavy atom.